The van der Waals surface area contributed by atoms with Crippen LogP contribution in [0.5, 0.6) is 11.5 Å². The van der Waals surface area contributed by atoms with Crippen molar-refractivity contribution in [3.05, 3.63) is 58.1 Å². The van der Waals surface area contributed by atoms with Crippen molar-refractivity contribution in [3.63, 3.8) is 0 Å². The molecular weight excluding hydrogens is 363 g/mol. The number of carbonyl (C=O) groups excluding carboxylic acids is 1. The Bertz CT molecular complexity index is 751. The minimum Gasteiger partial charge on any atom is -0.494 e. The molecule has 0 unspecified atom stereocenters. The summed E-state index contributed by atoms with van der Waals surface area (Å²) in [7, 11) is 0. The van der Waals surface area contributed by atoms with Crippen molar-refractivity contribution in [1.82, 2.24) is 5.43 Å². The molecule has 0 bridgehead atoms. The predicted molar refractivity (Wildman–Crippen MR) is 99.9 cm³/mol. The summed E-state index contributed by atoms with van der Waals surface area (Å²) in [6.07, 6.45) is 2.47. The van der Waals surface area contributed by atoms with E-state index >= 15 is 0 Å². The number of carbonyl (C=O) groups is 1. The van der Waals surface area contributed by atoms with E-state index in [4.69, 9.17) is 32.7 Å². The maximum absolute atomic E-state index is 11.7. The Morgan fingerprint density at radius 2 is 2.04 bits per heavy atom. The zero-order valence-corrected chi connectivity index (χ0v) is 15.2. The van der Waals surface area contributed by atoms with Gasteiger partial charge in [0.25, 0.3) is 5.91 Å². The van der Waals surface area contributed by atoms with E-state index in [1.807, 2.05) is 31.2 Å². The van der Waals surface area contributed by atoms with Crippen LogP contribution < -0.4 is 14.9 Å². The Morgan fingerprint density at radius 1 is 1.20 bits per heavy atom. The molecule has 1 amide bonds. The first-order valence-corrected chi connectivity index (χ1v) is 8.46. The van der Waals surface area contributed by atoms with Crippen molar-refractivity contribution >= 4 is 35.3 Å². The first-order chi connectivity index (χ1) is 12.1. The first-order valence-electron chi connectivity index (χ1n) is 7.71. The van der Waals surface area contributed by atoms with Gasteiger partial charge in [0.2, 0.25) is 0 Å². The van der Waals surface area contributed by atoms with E-state index in [1.165, 1.54) is 6.21 Å². The molecule has 0 aliphatic rings. The number of nitrogens with one attached hydrogen (secondary N) is 1. The lowest BCUT2D eigenvalue weighted by molar-refractivity contribution is -0.123. The highest BCUT2D eigenvalue weighted by Crippen LogP contribution is 2.27. The zero-order chi connectivity index (χ0) is 18.1. The summed E-state index contributed by atoms with van der Waals surface area (Å²) in [5.41, 5.74) is 3.21. The molecule has 25 heavy (non-hydrogen) atoms. The van der Waals surface area contributed by atoms with E-state index in [0.29, 0.717) is 22.4 Å². The third kappa shape index (κ3) is 6.64. The zero-order valence-electron chi connectivity index (χ0n) is 13.7. The van der Waals surface area contributed by atoms with Crippen LogP contribution in [0.2, 0.25) is 10.0 Å². The molecule has 7 heteroatoms. The van der Waals surface area contributed by atoms with E-state index in [2.05, 4.69) is 10.5 Å². The monoisotopic (exact) mass is 380 g/mol. The number of amides is 1. The van der Waals surface area contributed by atoms with Gasteiger partial charge >= 0.3 is 0 Å². The van der Waals surface area contributed by atoms with Crippen LogP contribution in [0.3, 0.4) is 0 Å². The van der Waals surface area contributed by atoms with Crippen LogP contribution >= 0.6 is 23.2 Å². The number of halogens is 2. The van der Waals surface area contributed by atoms with Crippen molar-refractivity contribution in [2.24, 2.45) is 5.10 Å². The Morgan fingerprint density at radius 3 is 2.80 bits per heavy atom. The van der Waals surface area contributed by atoms with Gasteiger partial charge in [0.1, 0.15) is 11.5 Å². The van der Waals surface area contributed by atoms with Crippen LogP contribution in [0, 0.1) is 0 Å². The minimum atomic E-state index is -0.402. The summed E-state index contributed by atoms with van der Waals surface area (Å²) in [6, 6.07) is 12.2. The van der Waals surface area contributed by atoms with E-state index in [1.54, 1.807) is 18.2 Å². The summed E-state index contributed by atoms with van der Waals surface area (Å²) < 4.78 is 10.9. The van der Waals surface area contributed by atoms with Crippen LogP contribution in [-0.4, -0.2) is 25.3 Å². The Hall–Kier alpha value is -2.24. The SMILES string of the molecule is CCCOc1cccc(/C=N/NC(=O)COc2ccc(Cl)cc2Cl)c1. The fourth-order valence-corrected chi connectivity index (χ4v) is 2.31. The average Bonchev–Trinajstić information content (AvgIpc) is 2.59. The largest absolute Gasteiger partial charge is 0.494 e. The molecule has 0 saturated heterocycles. The van der Waals surface area contributed by atoms with Gasteiger partial charge in [-0.15, -0.1) is 0 Å². The van der Waals surface area contributed by atoms with Gasteiger partial charge in [-0.1, -0.05) is 42.3 Å². The highest BCUT2D eigenvalue weighted by atomic mass is 35.5. The van der Waals surface area contributed by atoms with Gasteiger partial charge in [0, 0.05) is 5.02 Å². The van der Waals surface area contributed by atoms with Crippen LogP contribution in [-0.2, 0) is 4.79 Å². The number of nitrogens with zero attached hydrogens (tertiary/aromatic N) is 1. The fraction of sp³-hybridized carbons (Fsp3) is 0.222. The average molecular weight is 381 g/mol. The second-order valence-electron chi connectivity index (χ2n) is 5.08. The smallest absolute Gasteiger partial charge is 0.277 e. The molecule has 0 aromatic heterocycles. The summed E-state index contributed by atoms with van der Waals surface area (Å²) in [4.78, 5) is 11.7. The molecule has 0 aliphatic heterocycles. The van der Waals surface area contributed by atoms with E-state index in [9.17, 15) is 4.79 Å². The Kier molecular flexibility index (Phi) is 7.57. The highest BCUT2D eigenvalue weighted by Gasteiger charge is 2.05. The third-order valence-corrected chi connectivity index (χ3v) is 3.52. The van der Waals surface area contributed by atoms with Crippen molar-refractivity contribution in [2.75, 3.05) is 13.2 Å². The Balaban J connectivity index is 1.82. The van der Waals surface area contributed by atoms with Gasteiger partial charge < -0.3 is 9.47 Å². The number of hydrogen-bond acceptors (Lipinski definition) is 4. The van der Waals surface area contributed by atoms with Crippen molar-refractivity contribution in [1.29, 1.82) is 0 Å². The molecule has 0 aliphatic carbocycles. The number of ether oxygens (including phenoxy) is 2. The summed E-state index contributed by atoms with van der Waals surface area (Å²) >= 11 is 11.8. The lowest BCUT2D eigenvalue weighted by Gasteiger charge is -2.07. The summed E-state index contributed by atoms with van der Waals surface area (Å²) in [5, 5.41) is 4.73. The third-order valence-electron chi connectivity index (χ3n) is 2.99. The maximum atomic E-state index is 11.7. The van der Waals surface area contributed by atoms with E-state index < -0.39 is 5.91 Å². The Labute approximate surface area is 156 Å². The molecule has 0 spiro atoms. The van der Waals surface area contributed by atoms with Gasteiger partial charge in [-0.25, -0.2) is 5.43 Å². The molecule has 0 radical (unpaired) electrons. The number of hydrogen-bond donors (Lipinski definition) is 1. The molecule has 2 aromatic carbocycles. The molecule has 132 valence electrons. The molecule has 2 aromatic rings. The lowest BCUT2D eigenvalue weighted by atomic mass is 10.2. The number of rotatable bonds is 8. The van der Waals surface area contributed by atoms with Gasteiger partial charge in [-0.3, -0.25) is 4.79 Å². The van der Waals surface area contributed by atoms with Gasteiger partial charge in [-0.05, 0) is 42.3 Å². The normalized spacial score (nSPS) is 10.7. The lowest BCUT2D eigenvalue weighted by Crippen LogP contribution is -2.24. The van der Waals surface area contributed by atoms with Crippen LogP contribution in [0.25, 0.3) is 0 Å². The molecule has 0 saturated carbocycles. The standard InChI is InChI=1S/C18H18Cl2N2O3/c1-2-8-24-15-5-3-4-13(9-15)11-21-22-18(23)12-25-17-7-6-14(19)10-16(17)20/h3-7,9-11H,2,8,12H2,1H3,(H,22,23)/b21-11+. The highest BCUT2D eigenvalue weighted by molar-refractivity contribution is 6.35. The predicted octanol–water partition coefficient (Wildman–Crippen LogP) is 4.31. The summed E-state index contributed by atoms with van der Waals surface area (Å²) in [6.45, 7) is 2.49. The van der Waals surface area contributed by atoms with Gasteiger partial charge in [-0.2, -0.15) is 5.10 Å². The van der Waals surface area contributed by atoms with Crippen molar-refractivity contribution in [2.45, 2.75) is 13.3 Å². The minimum absolute atomic E-state index is 0.210. The quantitative estimate of drug-likeness (QED) is 0.548. The summed E-state index contributed by atoms with van der Waals surface area (Å²) in [5.74, 6) is 0.740. The van der Waals surface area contributed by atoms with Crippen LogP contribution in [0.4, 0.5) is 0 Å². The van der Waals surface area contributed by atoms with Crippen LogP contribution in [0.1, 0.15) is 18.9 Å². The van der Waals surface area contributed by atoms with E-state index in [0.717, 1.165) is 17.7 Å². The van der Waals surface area contributed by atoms with Crippen LogP contribution in [0.15, 0.2) is 47.6 Å². The van der Waals surface area contributed by atoms with Crippen molar-refractivity contribution < 1.29 is 14.3 Å². The second kappa shape index (κ2) is 9.91. The maximum Gasteiger partial charge on any atom is 0.277 e. The molecular formula is C18H18Cl2N2O3. The van der Waals surface area contributed by atoms with E-state index in [-0.39, 0.29) is 6.61 Å². The first kappa shape index (κ1) is 19.1. The fourth-order valence-electron chi connectivity index (χ4n) is 1.85. The molecule has 0 atom stereocenters. The molecule has 2 rings (SSSR count). The molecule has 0 fully saturated rings. The number of hydrazone groups is 1. The molecule has 5 nitrogen and oxygen atoms in total. The topological polar surface area (TPSA) is 59.9 Å². The van der Waals surface area contributed by atoms with Gasteiger partial charge in [0.05, 0.1) is 17.8 Å². The molecule has 0 heterocycles. The number of benzene rings is 2. The van der Waals surface area contributed by atoms with Gasteiger partial charge in [0.15, 0.2) is 6.61 Å². The molecule has 1 N–H and O–H groups in total. The second-order valence-corrected chi connectivity index (χ2v) is 5.92. The van der Waals surface area contributed by atoms with Crippen molar-refractivity contribution in [3.8, 4) is 11.5 Å².